The third kappa shape index (κ3) is 76.4. The molecule has 0 heterocycles. The number of phosphoric ester groups is 2. The number of hydrogen-bond donors (Lipinski definition) is 3. The van der Waals surface area contributed by atoms with Gasteiger partial charge in [0, 0.05) is 25.7 Å². The van der Waals surface area contributed by atoms with E-state index in [-0.39, 0.29) is 25.7 Å². The van der Waals surface area contributed by atoms with E-state index in [2.05, 4.69) is 210 Å². The number of carbonyl (C=O) groups is 4. The zero-order valence-electron chi connectivity index (χ0n) is 65.5. The van der Waals surface area contributed by atoms with Gasteiger partial charge >= 0.3 is 39.5 Å². The van der Waals surface area contributed by atoms with Crippen LogP contribution in [-0.4, -0.2) is 96.7 Å². The van der Waals surface area contributed by atoms with Crippen LogP contribution in [0.3, 0.4) is 0 Å². The van der Waals surface area contributed by atoms with Gasteiger partial charge in [0.25, 0.3) is 0 Å². The SMILES string of the molecule is CC/C=C\C/C=C\C/C=C\C/C=C\C/C=C\CCCCCC(=O)OCC(COP(=O)(O)OCC(O)COP(=O)(O)OCC(COC(=O)CCCC/C=C\C/C=C\C/C=C\C/C=C\CC)OC(=O)CCCCCCC/C=C\C/C=C\CCC)OC(=O)CCCCCCCC/C=C\C/C=C\C/C=C\C/C=C\CC. The van der Waals surface area contributed by atoms with E-state index in [1.165, 1.54) is 0 Å². The molecule has 0 aromatic carbocycles. The minimum absolute atomic E-state index is 0.0623. The summed E-state index contributed by atoms with van der Waals surface area (Å²) in [5, 5.41) is 10.6. The number of rotatable bonds is 73. The quantitative estimate of drug-likeness (QED) is 0.0169. The van der Waals surface area contributed by atoms with E-state index >= 15 is 0 Å². The Kier molecular flexibility index (Phi) is 73.1. The molecule has 0 bridgehead atoms. The van der Waals surface area contributed by atoms with Crippen LogP contribution < -0.4 is 0 Å². The maximum atomic E-state index is 13.1. The lowest BCUT2D eigenvalue weighted by molar-refractivity contribution is -0.161. The molecule has 0 aliphatic heterocycles. The highest BCUT2D eigenvalue weighted by molar-refractivity contribution is 7.47. The monoisotopic (exact) mass is 1520 g/mol. The molecule has 0 saturated carbocycles. The van der Waals surface area contributed by atoms with E-state index in [4.69, 9.17) is 37.0 Å². The van der Waals surface area contributed by atoms with Crippen LogP contribution in [0, 0.1) is 0 Å². The van der Waals surface area contributed by atoms with Gasteiger partial charge in [-0.25, -0.2) is 9.13 Å². The van der Waals surface area contributed by atoms with Crippen molar-refractivity contribution in [3.05, 3.63) is 182 Å². The predicted octanol–water partition coefficient (Wildman–Crippen LogP) is 23.6. The van der Waals surface area contributed by atoms with Gasteiger partial charge in [-0.1, -0.05) is 268 Å². The summed E-state index contributed by atoms with van der Waals surface area (Å²) in [7, 11) is -10.0. The van der Waals surface area contributed by atoms with Gasteiger partial charge in [0.15, 0.2) is 12.2 Å². The molecule has 0 aromatic heterocycles. The van der Waals surface area contributed by atoms with Crippen LogP contribution in [0.25, 0.3) is 0 Å². The van der Waals surface area contributed by atoms with Gasteiger partial charge < -0.3 is 33.8 Å². The maximum absolute atomic E-state index is 13.1. The molecule has 0 fully saturated rings. The molecule has 0 spiro atoms. The van der Waals surface area contributed by atoms with E-state index in [0.29, 0.717) is 25.7 Å². The molecule has 0 rings (SSSR count). The van der Waals surface area contributed by atoms with Crippen LogP contribution >= 0.6 is 15.6 Å². The summed E-state index contributed by atoms with van der Waals surface area (Å²) < 4.78 is 68.5. The molecule has 5 atom stereocenters. The Balaban J connectivity index is 5.47. The van der Waals surface area contributed by atoms with E-state index < -0.39 is 97.5 Å². The zero-order chi connectivity index (χ0) is 77.4. The first-order chi connectivity index (χ1) is 51.7. The highest BCUT2D eigenvalue weighted by atomic mass is 31.2. The smallest absolute Gasteiger partial charge is 0.462 e. The lowest BCUT2D eigenvalue weighted by atomic mass is 10.1. The van der Waals surface area contributed by atoms with E-state index in [9.17, 15) is 43.2 Å². The van der Waals surface area contributed by atoms with E-state index in [1.54, 1.807) is 0 Å². The van der Waals surface area contributed by atoms with Crippen molar-refractivity contribution in [2.75, 3.05) is 39.6 Å². The number of hydrogen-bond acceptors (Lipinski definition) is 15. The summed E-state index contributed by atoms with van der Waals surface area (Å²) in [6.07, 6.45) is 93.0. The molecule has 17 nitrogen and oxygen atoms in total. The molecule has 3 N–H and O–H groups in total. The molecule has 0 aliphatic carbocycles. The molecule has 600 valence electrons. The molecule has 0 aromatic rings. The minimum Gasteiger partial charge on any atom is -0.462 e. The number of phosphoric acid groups is 2. The minimum atomic E-state index is -5.00. The van der Waals surface area contributed by atoms with Crippen molar-refractivity contribution in [1.29, 1.82) is 0 Å². The number of ether oxygens (including phenoxy) is 4. The molecule has 0 aliphatic rings. The summed E-state index contributed by atoms with van der Waals surface area (Å²) in [5.41, 5.74) is 0. The average Bonchev–Trinajstić information content (AvgIpc) is 0.903. The normalized spacial score (nSPS) is 14.8. The standard InChI is InChI=1S/C87H140O17P2/c1-5-9-13-17-21-25-29-33-36-38-40-42-45-49-52-56-60-64-68-72-85(90)98-78-83(104-87(92)74-70-66-62-58-54-50-46-43-41-39-37-34-30-26-22-18-14-10-6-2)80-102-106(95,96)100-76-81(88)75-99-105(93,94)101-79-82(103-86(91)73-69-65-61-57-53-47-32-28-24-20-16-12-8-4)77-97-84(89)71-67-63-59-55-51-48-44-35-31-27-23-19-15-11-7-3/h9-11,13-16,20-23,25-28,32-37,40-44,49,51-52,55,81-83,88H,5-8,12,17-19,24,29-31,38-39,45-48,50,53-54,56-80H2,1-4H3,(H,93,94)(H,95,96)/b13-9-,14-10-,15-11-,20-16-,25-21-,26-22-,27-23-,32-28-,36-33-,37-34-,42-40-,43-41-,44-35-,52-49-,55-51-. The largest absolute Gasteiger partial charge is 0.472 e. The van der Waals surface area contributed by atoms with Crippen LogP contribution in [0.1, 0.15) is 285 Å². The van der Waals surface area contributed by atoms with Crippen molar-refractivity contribution < 1.29 is 80.2 Å². The third-order valence-electron chi connectivity index (χ3n) is 15.8. The summed E-state index contributed by atoms with van der Waals surface area (Å²) in [5.74, 6) is -2.31. The van der Waals surface area contributed by atoms with Gasteiger partial charge in [-0.2, -0.15) is 0 Å². The average molecular weight is 1520 g/mol. The predicted molar refractivity (Wildman–Crippen MR) is 436 cm³/mol. The fourth-order valence-electron chi connectivity index (χ4n) is 9.85. The Labute approximate surface area is 641 Å². The van der Waals surface area contributed by atoms with Gasteiger partial charge in [-0.3, -0.25) is 37.3 Å². The Hall–Kier alpha value is -5.84. The van der Waals surface area contributed by atoms with E-state index in [0.717, 1.165) is 205 Å². The van der Waals surface area contributed by atoms with Crippen molar-refractivity contribution in [2.45, 2.75) is 303 Å². The summed E-state index contributed by atoms with van der Waals surface area (Å²) in [6, 6.07) is 0. The molecule has 0 radical (unpaired) electrons. The fourth-order valence-corrected chi connectivity index (χ4v) is 11.4. The number of carbonyl (C=O) groups excluding carboxylic acids is 4. The number of unbranched alkanes of at least 4 members (excludes halogenated alkanes) is 17. The number of aliphatic hydroxyl groups excluding tert-OH is 1. The lowest BCUT2D eigenvalue weighted by Crippen LogP contribution is -2.30. The second kappa shape index (κ2) is 77.3. The van der Waals surface area contributed by atoms with Crippen LogP contribution in [0.4, 0.5) is 0 Å². The van der Waals surface area contributed by atoms with Gasteiger partial charge in [0.2, 0.25) is 0 Å². The summed E-state index contributed by atoms with van der Waals surface area (Å²) in [4.78, 5) is 73.1. The van der Waals surface area contributed by atoms with Crippen molar-refractivity contribution in [3.63, 3.8) is 0 Å². The van der Waals surface area contributed by atoms with Crippen LogP contribution in [0.5, 0.6) is 0 Å². The summed E-state index contributed by atoms with van der Waals surface area (Å²) in [6.45, 7) is 4.33. The van der Waals surface area contributed by atoms with Crippen molar-refractivity contribution in [3.8, 4) is 0 Å². The Morgan fingerprint density at radius 3 is 0.783 bits per heavy atom. The summed E-state index contributed by atoms with van der Waals surface area (Å²) >= 11 is 0. The molecule has 0 amide bonds. The lowest BCUT2D eigenvalue weighted by Gasteiger charge is -2.21. The van der Waals surface area contributed by atoms with E-state index in [1.807, 2.05) is 0 Å². The second-order valence-corrected chi connectivity index (χ2v) is 28.8. The van der Waals surface area contributed by atoms with Gasteiger partial charge in [-0.15, -0.1) is 0 Å². The maximum Gasteiger partial charge on any atom is 0.472 e. The van der Waals surface area contributed by atoms with Crippen molar-refractivity contribution >= 4 is 39.5 Å². The van der Waals surface area contributed by atoms with Crippen LogP contribution in [0.15, 0.2) is 182 Å². The molecular formula is C87H140O17P2. The fraction of sp³-hybridized carbons (Fsp3) is 0.609. The molecular weight excluding hydrogens is 1380 g/mol. The number of allylic oxidation sites excluding steroid dienone is 30. The molecule has 19 heteroatoms. The highest BCUT2D eigenvalue weighted by Crippen LogP contribution is 2.45. The van der Waals surface area contributed by atoms with Gasteiger partial charge in [0.05, 0.1) is 26.4 Å². The molecule has 5 unspecified atom stereocenters. The number of aliphatic hydroxyl groups is 1. The first-order valence-corrected chi connectivity index (χ1v) is 43.0. The van der Waals surface area contributed by atoms with Gasteiger partial charge in [0.1, 0.15) is 19.3 Å². The zero-order valence-corrected chi connectivity index (χ0v) is 67.3. The van der Waals surface area contributed by atoms with Crippen LogP contribution in [0.2, 0.25) is 0 Å². The Bertz CT molecular complexity index is 2730. The molecule has 106 heavy (non-hydrogen) atoms. The van der Waals surface area contributed by atoms with Crippen molar-refractivity contribution in [1.82, 2.24) is 0 Å². The Morgan fingerprint density at radius 2 is 0.491 bits per heavy atom. The first kappa shape index (κ1) is 100. The number of esters is 4. The van der Waals surface area contributed by atoms with Gasteiger partial charge in [-0.05, 0) is 173 Å². The first-order valence-electron chi connectivity index (χ1n) is 40.0. The third-order valence-corrected chi connectivity index (χ3v) is 17.7. The highest BCUT2D eigenvalue weighted by Gasteiger charge is 2.30. The Morgan fingerprint density at radius 1 is 0.274 bits per heavy atom. The second-order valence-electron chi connectivity index (χ2n) is 25.9. The topological polar surface area (TPSA) is 237 Å². The molecule has 0 saturated heterocycles. The van der Waals surface area contributed by atoms with Crippen molar-refractivity contribution in [2.24, 2.45) is 0 Å². The van der Waals surface area contributed by atoms with Crippen LogP contribution in [-0.2, 0) is 65.4 Å².